The molecule has 1 aliphatic rings. The quantitative estimate of drug-likeness (QED) is 0.606. The van der Waals surface area contributed by atoms with Crippen LogP contribution in [0.3, 0.4) is 0 Å². The number of fused-ring (bicyclic) bond motifs is 1. The number of hydrogen-bond acceptors (Lipinski definition) is 6. The monoisotopic (exact) mass is 418 g/mol. The van der Waals surface area contributed by atoms with E-state index in [2.05, 4.69) is 6.07 Å². The Labute approximate surface area is 172 Å². The van der Waals surface area contributed by atoms with E-state index in [9.17, 15) is 19.4 Å². The van der Waals surface area contributed by atoms with Crippen LogP contribution < -0.4 is 0 Å². The summed E-state index contributed by atoms with van der Waals surface area (Å²) in [6.07, 6.45) is -2.23. The first kappa shape index (κ1) is 21.5. The van der Waals surface area contributed by atoms with E-state index >= 15 is 0 Å². The van der Waals surface area contributed by atoms with Gasteiger partial charge in [0.2, 0.25) is 0 Å². The molecule has 4 rings (SSSR count). The molecule has 0 amide bonds. The molecule has 0 bridgehead atoms. The molecule has 3 unspecified atom stereocenters. The first-order valence-electron chi connectivity index (χ1n) is 9.24. The third-order valence-corrected chi connectivity index (χ3v) is 5.98. The van der Waals surface area contributed by atoms with Crippen molar-refractivity contribution in [3.63, 3.8) is 0 Å². The highest BCUT2D eigenvalue weighted by atomic mass is 32.1. The van der Waals surface area contributed by atoms with E-state index in [0.29, 0.717) is 17.5 Å². The molecular formula is C22H23FO5S. The number of hydrogen-bond donors (Lipinski definition) is 3. The Kier molecular flexibility index (Phi) is 7.10. The van der Waals surface area contributed by atoms with Gasteiger partial charge in [0.25, 0.3) is 0 Å². The molecule has 0 spiro atoms. The summed E-state index contributed by atoms with van der Waals surface area (Å²) < 4.78 is 21.2. The molecule has 2 aromatic carbocycles. The number of benzene rings is 2. The number of halogens is 1. The van der Waals surface area contributed by atoms with E-state index < -0.39 is 30.7 Å². The standard InChI is InChI=1S/C21H19FO4S.CH4O/c22-16-6-5-12(18-10-17(24)21(25)19(11-23)26-18)7-14(16)9-15-8-13-3-1-2-4-20(13)27-15;1-2/h1-8,17-19,23-24H,9-11H2;2H,1H3. The van der Waals surface area contributed by atoms with Crippen LogP contribution in [-0.2, 0) is 16.0 Å². The average Bonchev–Trinajstić information content (AvgIpc) is 3.15. The third-order valence-electron chi connectivity index (χ3n) is 4.86. The van der Waals surface area contributed by atoms with Gasteiger partial charge in [-0.1, -0.05) is 24.3 Å². The Hall–Kier alpha value is -2.16. The molecule has 29 heavy (non-hydrogen) atoms. The molecule has 1 aromatic heterocycles. The summed E-state index contributed by atoms with van der Waals surface area (Å²) in [5.74, 6) is -0.816. The molecule has 1 fully saturated rings. The number of carbonyl (C=O) groups is 1. The Balaban J connectivity index is 0.00000117. The molecule has 0 saturated carbocycles. The normalized spacial score (nSPS) is 21.7. The lowest BCUT2D eigenvalue weighted by Crippen LogP contribution is -2.43. The van der Waals surface area contributed by atoms with Gasteiger partial charge in [-0.25, -0.2) is 4.39 Å². The summed E-state index contributed by atoms with van der Waals surface area (Å²) >= 11 is 1.63. The Morgan fingerprint density at radius 3 is 2.66 bits per heavy atom. The highest BCUT2D eigenvalue weighted by Gasteiger charge is 2.36. The summed E-state index contributed by atoms with van der Waals surface area (Å²) in [5, 5.41) is 27.4. The summed E-state index contributed by atoms with van der Waals surface area (Å²) in [6.45, 7) is -0.484. The fraction of sp³-hybridized carbons (Fsp3) is 0.318. The highest BCUT2D eigenvalue weighted by Crippen LogP contribution is 2.32. The number of Topliss-reactive ketones (excluding diaryl/α,β-unsaturated/α-hetero) is 1. The number of aliphatic hydroxyl groups excluding tert-OH is 3. The molecule has 3 atom stereocenters. The summed E-state index contributed by atoms with van der Waals surface area (Å²) in [6, 6.07) is 14.8. The second-order valence-corrected chi connectivity index (χ2v) is 7.90. The van der Waals surface area contributed by atoms with Crippen LogP contribution in [0.15, 0.2) is 48.5 Å². The van der Waals surface area contributed by atoms with Crippen molar-refractivity contribution in [1.29, 1.82) is 0 Å². The Bertz CT molecular complexity index is 953. The Morgan fingerprint density at radius 1 is 1.17 bits per heavy atom. The van der Waals surface area contributed by atoms with Gasteiger partial charge in [0.15, 0.2) is 5.78 Å². The van der Waals surface area contributed by atoms with Crippen molar-refractivity contribution in [1.82, 2.24) is 0 Å². The average molecular weight is 418 g/mol. The van der Waals surface area contributed by atoms with Crippen LogP contribution in [0.2, 0.25) is 0 Å². The Morgan fingerprint density at radius 2 is 1.93 bits per heavy atom. The van der Waals surface area contributed by atoms with Crippen molar-refractivity contribution in [3.05, 3.63) is 70.4 Å². The van der Waals surface area contributed by atoms with Crippen LogP contribution in [0.4, 0.5) is 4.39 Å². The van der Waals surface area contributed by atoms with E-state index in [1.165, 1.54) is 6.07 Å². The number of ether oxygens (including phenoxy) is 1. The van der Waals surface area contributed by atoms with Crippen molar-refractivity contribution in [2.24, 2.45) is 0 Å². The maximum absolute atomic E-state index is 14.4. The second-order valence-electron chi connectivity index (χ2n) is 6.73. The van der Waals surface area contributed by atoms with E-state index in [1.807, 2.05) is 24.3 Å². The molecule has 5 nitrogen and oxygen atoms in total. The van der Waals surface area contributed by atoms with Crippen LogP contribution in [0.25, 0.3) is 10.1 Å². The predicted octanol–water partition coefficient (Wildman–Crippen LogP) is 2.99. The van der Waals surface area contributed by atoms with Crippen LogP contribution in [0, 0.1) is 5.82 Å². The third kappa shape index (κ3) is 4.71. The first-order chi connectivity index (χ1) is 14.0. The van der Waals surface area contributed by atoms with Gasteiger partial charge >= 0.3 is 0 Å². The molecule has 0 radical (unpaired) electrons. The van der Waals surface area contributed by atoms with Crippen molar-refractivity contribution >= 4 is 27.2 Å². The molecule has 2 heterocycles. The van der Waals surface area contributed by atoms with Gasteiger partial charge < -0.3 is 20.1 Å². The minimum atomic E-state index is -1.18. The minimum absolute atomic E-state index is 0.100. The summed E-state index contributed by atoms with van der Waals surface area (Å²) in [7, 11) is 1.00. The van der Waals surface area contributed by atoms with Gasteiger partial charge in [-0.2, -0.15) is 0 Å². The second kappa shape index (κ2) is 9.56. The van der Waals surface area contributed by atoms with Crippen LogP contribution >= 0.6 is 11.3 Å². The smallest absolute Gasteiger partial charge is 0.192 e. The van der Waals surface area contributed by atoms with Crippen molar-refractivity contribution in [2.75, 3.05) is 13.7 Å². The lowest BCUT2D eigenvalue weighted by Gasteiger charge is -2.31. The van der Waals surface area contributed by atoms with Gasteiger partial charge in [-0.05, 0) is 40.8 Å². The molecule has 7 heteroatoms. The van der Waals surface area contributed by atoms with E-state index in [-0.39, 0.29) is 12.2 Å². The zero-order valence-electron chi connectivity index (χ0n) is 15.9. The van der Waals surface area contributed by atoms with Crippen molar-refractivity contribution in [2.45, 2.75) is 31.2 Å². The lowest BCUT2D eigenvalue weighted by molar-refractivity contribution is -0.161. The topological polar surface area (TPSA) is 87.0 Å². The molecular weight excluding hydrogens is 395 g/mol. The molecule has 1 aliphatic heterocycles. The largest absolute Gasteiger partial charge is 0.400 e. The van der Waals surface area contributed by atoms with Crippen LogP contribution in [0.5, 0.6) is 0 Å². The highest BCUT2D eigenvalue weighted by molar-refractivity contribution is 7.19. The lowest BCUT2D eigenvalue weighted by atomic mass is 9.93. The van der Waals surface area contributed by atoms with Crippen molar-refractivity contribution < 1.29 is 29.2 Å². The fourth-order valence-electron chi connectivity index (χ4n) is 3.44. The summed E-state index contributed by atoms with van der Waals surface area (Å²) in [4.78, 5) is 12.8. The zero-order chi connectivity index (χ0) is 21.0. The maximum Gasteiger partial charge on any atom is 0.192 e. The van der Waals surface area contributed by atoms with E-state index in [4.69, 9.17) is 9.84 Å². The zero-order valence-corrected chi connectivity index (χ0v) is 16.7. The molecule has 3 N–H and O–H groups in total. The molecule has 0 aliphatic carbocycles. The minimum Gasteiger partial charge on any atom is -0.400 e. The van der Waals surface area contributed by atoms with E-state index in [0.717, 1.165) is 22.1 Å². The van der Waals surface area contributed by atoms with Gasteiger partial charge in [-0.3, -0.25) is 4.79 Å². The van der Waals surface area contributed by atoms with Crippen LogP contribution in [-0.4, -0.2) is 47.0 Å². The molecule has 154 valence electrons. The van der Waals surface area contributed by atoms with Gasteiger partial charge in [0.1, 0.15) is 18.0 Å². The van der Waals surface area contributed by atoms with Crippen LogP contribution in [0.1, 0.15) is 28.5 Å². The molecule has 3 aromatic rings. The van der Waals surface area contributed by atoms with Crippen molar-refractivity contribution in [3.8, 4) is 0 Å². The number of aliphatic hydroxyl groups is 3. The summed E-state index contributed by atoms with van der Waals surface area (Å²) in [5.41, 5.74) is 1.23. The predicted molar refractivity (Wildman–Crippen MR) is 110 cm³/mol. The van der Waals surface area contributed by atoms with Gasteiger partial charge in [0.05, 0.1) is 12.7 Å². The SMILES string of the molecule is CO.O=C1C(O)CC(c2ccc(F)c(Cc3cc4ccccc4s3)c2)OC1CO. The first-order valence-corrected chi connectivity index (χ1v) is 10.1. The number of thiophene rings is 1. The fourth-order valence-corrected chi connectivity index (χ4v) is 4.53. The van der Waals surface area contributed by atoms with E-state index in [1.54, 1.807) is 23.5 Å². The maximum atomic E-state index is 14.4. The number of rotatable bonds is 4. The van der Waals surface area contributed by atoms with Gasteiger partial charge in [-0.15, -0.1) is 11.3 Å². The number of carbonyl (C=O) groups excluding carboxylic acids is 1. The van der Waals surface area contributed by atoms with Gasteiger partial charge in [0, 0.05) is 29.5 Å². The molecule has 1 saturated heterocycles. The number of ketones is 1.